The molecule has 1 aromatic heterocycles. The third-order valence-electron chi connectivity index (χ3n) is 2.34. The fourth-order valence-corrected chi connectivity index (χ4v) is 1.37. The number of phenolic OH excluding ortho intramolecular Hbond substituents is 1. The van der Waals surface area contributed by atoms with Crippen molar-refractivity contribution >= 4 is 0 Å². The van der Waals surface area contributed by atoms with Gasteiger partial charge in [0.2, 0.25) is 0 Å². The van der Waals surface area contributed by atoms with Crippen molar-refractivity contribution in [1.29, 1.82) is 0 Å². The first-order valence-electron chi connectivity index (χ1n) is 5.33. The molecule has 0 aliphatic heterocycles. The van der Waals surface area contributed by atoms with Gasteiger partial charge in [-0.15, -0.1) is 0 Å². The van der Waals surface area contributed by atoms with E-state index in [0.717, 1.165) is 11.3 Å². The molecule has 4 nitrogen and oxygen atoms in total. The Bertz CT molecular complexity index is 466. The van der Waals surface area contributed by atoms with E-state index in [9.17, 15) is 0 Å². The Hall–Kier alpha value is -2.07. The van der Waals surface area contributed by atoms with E-state index in [1.54, 1.807) is 30.5 Å². The van der Waals surface area contributed by atoms with Crippen LogP contribution in [0.25, 0.3) is 0 Å². The molecule has 0 saturated carbocycles. The van der Waals surface area contributed by atoms with E-state index in [-0.39, 0.29) is 5.75 Å². The van der Waals surface area contributed by atoms with Crippen LogP contribution in [0.1, 0.15) is 11.3 Å². The average molecular weight is 230 g/mol. The number of aromatic nitrogens is 1. The highest BCUT2D eigenvalue weighted by Gasteiger charge is 1.97. The summed E-state index contributed by atoms with van der Waals surface area (Å²) in [6, 6.07) is 10.4. The monoisotopic (exact) mass is 230 g/mol. The standard InChI is InChI=1S/C13H14N2O2/c14-7-11-2-1-10(8-15-11)9-17-13-5-3-12(16)4-6-13/h1-6,8,16H,7,9,14H2. The highest BCUT2D eigenvalue weighted by Crippen LogP contribution is 2.17. The Kier molecular flexibility index (Phi) is 3.57. The van der Waals surface area contributed by atoms with Gasteiger partial charge in [-0.1, -0.05) is 6.07 Å². The van der Waals surface area contributed by atoms with Gasteiger partial charge < -0.3 is 15.6 Å². The van der Waals surface area contributed by atoms with Crippen LogP contribution in [0.2, 0.25) is 0 Å². The van der Waals surface area contributed by atoms with Gasteiger partial charge in [0.25, 0.3) is 0 Å². The zero-order chi connectivity index (χ0) is 12.1. The number of benzene rings is 1. The molecule has 2 rings (SSSR count). The number of aromatic hydroxyl groups is 1. The summed E-state index contributed by atoms with van der Waals surface area (Å²) in [6.07, 6.45) is 1.75. The van der Waals surface area contributed by atoms with Gasteiger partial charge >= 0.3 is 0 Å². The number of ether oxygens (including phenoxy) is 1. The van der Waals surface area contributed by atoms with Crippen molar-refractivity contribution in [3.05, 3.63) is 53.9 Å². The van der Waals surface area contributed by atoms with Crippen LogP contribution >= 0.6 is 0 Å². The molecule has 0 fully saturated rings. The predicted molar refractivity (Wildman–Crippen MR) is 64.6 cm³/mol. The Balaban J connectivity index is 1.95. The summed E-state index contributed by atoms with van der Waals surface area (Å²) in [5, 5.41) is 9.12. The smallest absolute Gasteiger partial charge is 0.120 e. The first kappa shape index (κ1) is 11.4. The van der Waals surface area contributed by atoms with Crippen molar-refractivity contribution in [1.82, 2.24) is 4.98 Å². The Morgan fingerprint density at radius 3 is 2.47 bits per heavy atom. The van der Waals surface area contributed by atoms with E-state index in [2.05, 4.69) is 4.98 Å². The Labute approximate surface area is 99.7 Å². The van der Waals surface area contributed by atoms with Crippen LogP contribution in [-0.4, -0.2) is 10.1 Å². The van der Waals surface area contributed by atoms with Crippen molar-refractivity contribution in [2.75, 3.05) is 0 Å². The SMILES string of the molecule is NCc1ccc(COc2ccc(O)cc2)cn1. The van der Waals surface area contributed by atoms with Gasteiger partial charge in [0, 0.05) is 18.3 Å². The lowest BCUT2D eigenvalue weighted by Gasteiger charge is -2.06. The summed E-state index contributed by atoms with van der Waals surface area (Å²) in [7, 11) is 0. The second-order valence-corrected chi connectivity index (χ2v) is 3.64. The highest BCUT2D eigenvalue weighted by atomic mass is 16.5. The van der Waals surface area contributed by atoms with E-state index in [1.807, 2.05) is 12.1 Å². The summed E-state index contributed by atoms with van der Waals surface area (Å²) >= 11 is 0. The first-order chi connectivity index (χ1) is 8.28. The first-order valence-corrected chi connectivity index (χ1v) is 5.33. The van der Waals surface area contributed by atoms with Crippen molar-refractivity contribution in [2.24, 2.45) is 5.73 Å². The number of nitrogens with two attached hydrogens (primary N) is 1. The predicted octanol–water partition coefficient (Wildman–Crippen LogP) is 1.82. The molecule has 0 unspecified atom stereocenters. The normalized spacial score (nSPS) is 10.2. The van der Waals surface area contributed by atoms with Gasteiger partial charge in [0.1, 0.15) is 18.1 Å². The largest absolute Gasteiger partial charge is 0.508 e. The molecule has 0 aliphatic carbocycles. The van der Waals surface area contributed by atoms with E-state index >= 15 is 0 Å². The molecule has 0 saturated heterocycles. The number of nitrogens with zero attached hydrogens (tertiary/aromatic N) is 1. The molecule has 0 spiro atoms. The van der Waals surface area contributed by atoms with Gasteiger partial charge in [0.05, 0.1) is 5.69 Å². The van der Waals surface area contributed by atoms with Gasteiger partial charge in [-0.2, -0.15) is 0 Å². The molecular weight excluding hydrogens is 216 g/mol. The lowest BCUT2D eigenvalue weighted by atomic mass is 10.2. The van der Waals surface area contributed by atoms with Gasteiger partial charge in [-0.05, 0) is 30.3 Å². The molecule has 2 aromatic rings. The van der Waals surface area contributed by atoms with Crippen molar-refractivity contribution in [3.63, 3.8) is 0 Å². The summed E-state index contributed by atoms with van der Waals surface area (Å²) in [5.74, 6) is 0.942. The molecule has 0 radical (unpaired) electrons. The fourth-order valence-electron chi connectivity index (χ4n) is 1.37. The number of pyridine rings is 1. The van der Waals surface area contributed by atoms with Gasteiger partial charge in [0.15, 0.2) is 0 Å². The molecule has 88 valence electrons. The second-order valence-electron chi connectivity index (χ2n) is 3.64. The van der Waals surface area contributed by atoms with Crippen molar-refractivity contribution in [2.45, 2.75) is 13.2 Å². The van der Waals surface area contributed by atoms with E-state index in [0.29, 0.717) is 18.9 Å². The van der Waals surface area contributed by atoms with Crippen LogP contribution in [0, 0.1) is 0 Å². The Morgan fingerprint density at radius 1 is 1.12 bits per heavy atom. The molecular formula is C13H14N2O2. The fraction of sp³-hybridized carbons (Fsp3) is 0.154. The van der Waals surface area contributed by atoms with Crippen LogP contribution in [-0.2, 0) is 13.2 Å². The molecule has 0 bridgehead atoms. The van der Waals surface area contributed by atoms with Gasteiger partial charge in [-0.3, -0.25) is 4.98 Å². The molecule has 3 N–H and O–H groups in total. The average Bonchev–Trinajstić information content (AvgIpc) is 2.39. The Morgan fingerprint density at radius 2 is 1.88 bits per heavy atom. The maximum Gasteiger partial charge on any atom is 0.120 e. The van der Waals surface area contributed by atoms with Crippen LogP contribution in [0.3, 0.4) is 0 Å². The number of phenols is 1. The van der Waals surface area contributed by atoms with Crippen molar-refractivity contribution < 1.29 is 9.84 Å². The third-order valence-corrected chi connectivity index (χ3v) is 2.34. The van der Waals surface area contributed by atoms with Crippen LogP contribution in [0.4, 0.5) is 0 Å². The topological polar surface area (TPSA) is 68.4 Å². The van der Waals surface area contributed by atoms with Gasteiger partial charge in [-0.25, -0.2) is 0 Å². The minimum Gasteiger partial charge on any atom is -0.508 e. The molecule has 0 amide bonds. The molecule has 1 aromatic carbocycles. The van der Waals surface area contributed by atoms with Crippen LogP contribution in [0.15, 0.2) is 42.6 Å². The highest BCUT2D eigenvalue weighted by molar-refractivity contribution is 5.30. The lowest BCUT2D eigenvalue weighted by molar-refractivity contribution is 0.305. The molecule has 4 heteroatoms. The number of hydrogen-bond acceptors (Lipinski definition) is 4. The maximum absolute atomic E-state index is 9.12. The van der Waals surface area contributed by atoms with E-state index in [1.165, 1.54) is 0 Å². The third kappa shape index (κ3) is 3.19. The van der Waals surface area contributed by atoms with E-state index < -0.39 is 0 Å². The molecule has 0 atom stereocenters. The van der Waals surface area contributed by atoms with Crippen molar-refractivity contribution in [3.8, 4) is 11.5 Å². The number of hydrogen-bond donors (Lipinski definition) is 2. The van der Waals surface area contributed by atoms with Crippen LogP contribution < -0.4 is 10.5 Å². The van der Waals surface area contributed by atoms with Crippen LogP contribution in [0.5, 0.6) is 11.5 Å². The number of rotatable bonds is 4. The minimum atomic E-state index is 0.228. The quantitative estimate of drug-likeness (QED) is 0.840. The zero-order valence-electron chi connectivity index (χ0n) is 9.34. The minimum absolute atomic E-state index is 0.228. The lowest BCUT2D eigenvalue weighted by Crippen LogP contribution is -2.01. The summed E-state index contributed by atoms with van der Waals surface area (Å²) in [5.41, 5.74) is 7.30. The summed E-state index contributed by atoms with van der Waals surface area (Å²) < 4.78 is 5.54. The molecule has 17 heavy (non-hydrogen) atoms. The summed E-state index contributed by atoms with van der Waals surface area (Å²) in [4.78, 5) is 4.18. The maximum atomic E-state index is 9.12. The second kappa shape index (κ2) is 5.32. The summed E-state index contributed by atoms with van der Waals surface area (Å²) in [6.45, 7) is 0.891. The van der Waals surface area contributed by atoms with E-state index in [4.69, 9.17) is 15.6 Å². The molecule has 0 aliphatic rings. The zero-order valence-corrected chi connectivity index (χ0v) is 9.34. The molecule has 1 heterocycles.